The quantitative estimate of drug-likeness (QED) is 0.763. The number of nitrogens with one attached hydrogen (secondary N) is 1. The molecule has 1 aromatic rings. The van der Waals surface area contributed by atoms with Gasteiger partial charge in [0.05, 0.1) is 18.4 Å². The van der Waals surface area contributed by atoms with Crippen LogP contribution in [0.3, 0.4) is 0 Å². The molecular weight excluding hydrogens is 326 g/mol. The fourth-order valence-corrected chi connectivity index (χ4v) is 2.54. The number of aliphatic hydroxyl groups is 1. The zero-order valence-corrected chi connectivity index (χ0v) is 14.8. The molecule has 2 rings (SSSR count). The molecule has 1 fully saturated rings. The van der Waals surface area contributed by atoms with Crippen LogP contribution in [0.15, 0.2) is 18.2 Å². The summed E-state index contributed by atoms with van der Waals surface area (Å²) in [6, 6.07) is 5.20. The third kappa shape index (κ3) is 5.72. The van der Waals surface area contributed by atoms with E-state index in [9.17, 15) is 14.7 Å². The lowest BCUT2D eigenvalue weighted by molar-refractivity contribution is -0.169. The summed E-state index contributed by atoms with van der Waals surface area (Å²) in [5, 5.41) is 12.4. The number of amides is 1. The predicted molar refractivity (Wildman–Crippen MR) is 91.0 cm³/mol. The van der Waals surface area contributed by atoms with Gasteiger partial charge in [-0.3, -0.25) is 9.59 Å². The van der Waals surface area contributed by atoms with E-state index in [2.05, 4.69) is 5.32 Å². The number of rotatable bonds is 6. The average Bonchev–Trinajstić information content (AvgIpc) is 2.57. The average molecular weight is 351 g/mol. The normalized spacial score (nSPS) is 23.0. The topological polar surface area (TPSA) is 94.1 Å². The van der Waals surface area contributed by atoms with Gasteiger partial charge in [0.25, 0.3) is 0 Å². The predicted octanol–water partition coefficient (Wildman–Crippen LogP) is 2.22. The minimum Gasteiger partial charge on any atom is -0.462 e. The van der Waals surface area contributed by atoms with Gasteiger partial charge in [0, 0.05) is 19.3 Å². The summed E-state index contributed by atoms with van der Waals surface area (Å²) in [5.41, 5.74) is 1.24. The van der Waals surface area contributed by atoms with Crippen LogP contribution in [0.5, 0.6) is 5.75 Å². The molecule has 1 saturated heterocycles. The van der Waals surface area contributed by atoms with Crippen molar-refractivity contribution in [1.29, 1.82) is 0 Å². The second kappa shape index (κ2) is 8.82. The van der Waals surface area contributed by atoms with Crippen LogP contribution in [-0.2, 0) is 25.7 Å². The first-order valence-corrected chi connectivity index (χ1v) is 8.41. The van der Waals surface area contributed by atoms with Crippen molar-refractivity contribution < 1.29 is 28.9 Å². The third-order valence-corrected chi connectivity index (χ3v) is 3.89. The van der Waals surface area contributed by atoms with Crippen LogP contribution < -0.4 is 10.1 Å². The van der Waals surface area contributed by atoms with Gasteiger partial charge in [-0.2, -0.15) is 0 Å². The van der Waals surface area contributed by atoms with Crippen LogP contribution in [0, 0.1) is 5.92 Å². The van der Waals surface area contributed by atoms with Crippen molar-refractivity contribution in [2.24, 2.45) is 5.92 Å². The first-order chi connectivity index (χ1) is 11.9. The Hall–Kier alpha value is -2.12. The molecule has 3 unspecified atom stereocenters. The van der Waals surface area contributed by atoms with Crippen molar-refractivity contribution in [3.05, 3.63) is 23.8 Å². The Morgan fingerprint density at radius 3 is 2.80 bits per heavy atom. The fraction of sp³-hybridized carbons (Fsp3) is 0.556. The van der Waals surface area contributed by atoms with Crippen LogP contribution >= 0.6 is 0 Å². The molecule has 138 valence electrons. The van der Waals surface area contributed by atoms with E-state index in [1.165, 1.54) is 6.92 Å². The molecule has 0 bridgehead atoms. The fourth-order valence-electron chi connectivity index (χ4n) is 2.54. The Morgan fingerprint density at radius 2 is 2.16 bits per heavy atom. The molecule has 1 heterocycles. The summed E-state index contributed by atoms with van der Waals surface area (Å²) in [5.74, 6) is -0.0363. The number of benzene rings is 1. The van der Waals surface area contributed by atoms with Gasteiger partial charge in [-0.25, -0.2) is 0 Å². The summed E-state index contributed by atoms with van der Waals surface area (Å²) in [6.07, 6.45) is -0.0673. The standard InChI is InChI=1S/C18H25NO6/c1-4-17(22)19-15-8-13(9-23-12(3)20)5-6-16(15)25-18-11(2)7-14(21)10-24-18/h5-6,8,11,14,18,21H,4,7,9-10H2,1-3H3,(H,19,22). The van der Waals surface area contributed by atoms with Crippen molar-refractivity contribution in [3.63, 3.8) is 0 Å². The second-order valence-corrected chi connectivity index (χ2v) is 6.20. The van der Waals surface area contributed by atoms with Gasteiger partial charge in [-0.1, -0.05) is 19.9 Å². The number of aliphatic hydroxyl groups excluding tert-OH is 1. The molecule has 0 radical (unpaired) electrons. The van der Waals surface area contributed by atoms with Gasteiger partial charge in [-0.15, -0.1) is 0 Å². The number of anilines is 1. The third-order valence-electron chi connectivity index (χ3n) is 3.89. The summed E-state index contributed by atoms with van der Waals surface area (Å²) >= 11 is 0. The molecule has 0 saturated carbocycles. The SMILES string of the molecule is CCC(=O)Nc1cc(COC(C)=O)ccc1OC1OCC(O)CC1C. The van der Waals surface area contributed by atoms with Crippen LogP contribution in [0.1, 0.15) is 39.2 Å². The summed E-state index contributed by atoms with van der Waals surface area (Å²) in [4.78, 5) is 22.8. The molecule has 2 N–H and O–H groups in total. The van der Waals surface area contributed by atoms with Gasteiger partial charge in [0.2, 0.25) is 12.2 Å². The highest BCUT2D eigenvalue weighted by Gasteiger charge is 2.29. The minimum atomic E-state index is -0.500. The Bertz CT molecular complexity index is 618. The zero-order chi connectivity index (χ0) is 18.4. The number of hydrogen-bond donors (Lipinski definition) is 2. The Balaban J connectivity index is 2.16. The lowest BCUT2D eigenvalue weighted by atomic mass is 10.0. The highest BCUT2D eigenvalue weighted by Crippen LogP contribution is 2.31. The van der Waals surface area contributed by atoms with Crippen molar-refractivity contribution in [2.45, 2.75) is 52.6 Å². The van der Waals surface area contributed by atoms with E-state index in [0.717, 1.165) is 5.56 Å². The van der Waals surface area contributed by atoms with Crippen molar-refractivity contribution in [2.75, 3.05) is 11.9 Å². The smallest absolute Gasteiger partial charge is 0.302 e. The van der Waals surface area contributed by atoms with Gasteiger partial charge >= 0.3 is 5.97 Å². The van der Waals surface area contributed by atoms with E-state index in [1.54, 1.807) is 25.1 Å². The van der Waals surface area contributed by atoms with Crippen LogP contribution in [0.4, 0.5) is 5.69 Å². The molecule has 1 aliphatic heterocycles. The second-order valence-electron chi connectivity index (χ2n) is 6.20. The van der Waals surface area contributed by atoms with Crippen molar-refractivity contribution in [1.82, 2.24) is 0 Å². The maximum atomic E-state index is 11.8. The Morgan fingerprint density at radius 1 is 1.40 bits per heavy atom. The molecule has 1 amide bonds. The highest BCUT2D eigenvalue weighted by atomic mass is 16.7. The highest BCUT2D eigenvalue weighted by molar-refractivity contribution is 5.92. The largest absolute Gasteiger partial charge is 0.462 e. The molecule has 7 heteroatoms. The monoisotopic (exact) mass is 351 g/mol. The lowest BCUT2D eigenvalue weighted by Gasteiger charge is -2.32. The molecule has 1 aliphatic rings. The summed E-state index contributed by atoms with van der Waals surface area (Å²) in [6.45, 7) is 5.37. The minimum absolute atomic E-state index is 0.0131. The van der Waals surface area contributed by atoms with Gasteiger partial charge in [-0.05, 0) is 24.1 Å². The van der Waals surface area contributed by atoms with E-state index in [4.69, 9.17) is 14.2 Å². The van der Waals surface area contributed by atoms with E-state index in [-0.39, 0.29) is 31.0 Å². The van der Waals surface area contributed by atoms with Crippen molar-refractivity contribution in [3.8, 4) is 5.75 Å². The first kappa shape index (κ1) is 19.2. The van der Waals surface area contributed by atoms with Crippen LogP contribution in [-0.4, -0.2) is 36.0 Å². The zero-order valence-electron chi connectivity index (χ0n) is 14.8. The molecule has 1 aromatic carbocycles. The molecular formula is C18H25NO6. The number of carbonyl (C=O) groups excluding carboxylic acids is 2. The van der Waals surface area contributed by atoms with E-state index < -0.39 is 12.4 Å². The number of carbonyl (C=O) groups is 2. The van der Waals surface area contributed by atoms with Crippen LogP contribution in [0.2, 0.25) is 0 Å². The molecule has 7 nitrogen and oxygen atoms in total. The Labute approximate surface area is 147 Å². The number of hydrogen-bond acceptors (Lipinski definition) is 6. The van der Waals surface area contributed by atoms with Gasteiger partial charge in [0.15, 0.2) is 0 Å². The summed E-state index contributed by atoms with van der Waals surface area (Å²) < 4.78 is 16.5. The molecule has 0 spiro atoms. The molecule has 25 heavy (non-hydrogen) atoms. The van der Waals surface area contributed by atoms with Gasteiger partial charge in [0.1, 0.15) is 12.4 Å². The molecule has 0 aromatic heterocycles. The van der Waals surface area contributed by atoms with E-state index in [0.29, 0.717) is 24.3 Å². The van der Waals surface area contributed by atoms with Crippen molar-refractivity contribution >= 4 is 17.6 Å². The maximum absolute atomic E-state index is 11.8. The molecule has 3 atom stereocenters. The lowest BCUT2D eigenvalue weighted by Crippen LogP contribution is -2.39. The van der Waals surface area contributed by atoms with E-state index in [1.807, 2.05) is 6.92 Å². The molecule has 0 aliphatic carbocycles. The first-order valence-electron chi connectivity index (χ1n) is 8.41. The maximum Gasteiger partial charge on any atom is 0.302 e. The number of ether oxygens (including phenoxy) is 3. The Kier molecular flexibility index (Phi) is 6.78. The van der Waals surface area contributed by atoms with E-state index >= 15 is 0 Å². The van der Waals surface area contributed by atoms with Crippen LogP contribution in [0.25, 0.3) is 0 Å². The summed E-state index contributed by atoms with van der Waals surface area (Å²) in [7, 11) is 0. The number of esters is 1. The van der Waals surface area contributed by atoms with Gasteiger partial charge < -0.3 is 24.6 Å².